The minimum absolute atomic E-state index is 0.500. The van der Waals surface area contributed by atoms with E-state index < -0.39 is 0 Å². The standard InChI is InChI=1S/C6H5N3O/c1-4-5-2-3-7-8-6(5)10-9-4/h2-3H,1H3. The van der Waals surface area contributed by atoms with Gasteiger partial charge in [0.25, 0.3) is 5.71 Å². The van der Waals surface area contributed by atoms with Crippen LogP contribution >= 0.6 is 0 Å². The Hall–Kier alpha value is -1.45. The molecule has 4 nitrogen and oxygen atoms in total. The first-order valence-corrected chi connectivity index (χ1v) is 2.91. The third-order valence-electron chi connectivity index (χ3n) is 1.35. The highest BCUT2D eigenvalue weighted by molar-refractivity contribution is 5.74. The van der Waals surface area contributed by atoms with E-state index in [1.54, 1.807) is 6.20 Å². The average Bonchev–Trinajstić information content (AvgIpc) is 2.34. The van der Waals surface area contributed by atoms with Gasteiger partial charge in [0.05, 0.1) is 17.3 Å². The van der Waals surface area contributed by atoms with Gasteiger partial charge < -0.3 is 4.52 Å². The number of fused-ring (bicyclic) bond motifs is 1. The highest BCUT2D eigenvalue weighted by Crippen LogP contribution is 2.11. The van der Waals surface area contributed by atoms with Crippen molar-refractivity contribution in [3.63, 3.8) is 0 Å². The number of aryl methyl sites for hydroxylation is 1. The lowest BCUT2D eigenvalue weighted by Crippen LogP contribution is -1.77. The van der Waals surface area contributed by atoms with Crippen molar-refractivity contribution in [1.29, 1.82) is 0 Å². The zero-order valence-corrected chi connectivity index (χ0v) is 5.40. The number of nitrogens with zero attached hydrogens (tertiary/aromatic N) is 3. The largest absolute Gasteiger partial charge is 0.334 e. The van der Waals surface area contributed by atoms with E-state index in [9.17, 15) is 0 Å². The van der Waals surface area contributed by atoms with Crippen molar-refractivity contribution in [3.8, 4) is 0 Å². The van der Waals surface area contributed by atoms with Crippen LogP contribution in [0.3, 0.4) is 0 Å². The Bertz CT molecular complexity index is 355. The first-order valence-electron chi connectivity index (χ1n) is 2.91. The summed E-state index contributed by atoms with van der Waals surface area (Å²) in [4.78, 5) is 0. The van der Waals surface area contributed by atoms with Gasteiger partial charge >= 0.3 is 0 Å². The second-order valence-electron chi connectivity index (χ2n) is 2.02. The molecule has 0 aliphatic heterocycles. The molecular formula is C6H5N3O. The molecule has 0 saturated carbocycles. The molecule has 0 aliphatic rings. The van der Waals surface area contributed by atoms with Crippen molar-refractivity contribution in [2.24, 2.45) is 0 Å². The van der Waals surface area contributed by atoms with Gasteiger partial charge in [-0.15, -0.1) is 5.10 Å². The van der Waals surface area contributed by atoms with Crippen LogP contribution in [0.4, 0.5) is 0 Å². The maximum Gasteiger partial charge on any atom is 0.276 e. The molecule has 0 amide bonds. The summed E-state index contributed by atoms with van der Waals surface area (Å²) >= 11 is 0. The lowest BCUT2D eigenvalue weighted by atomic mass is 10.3. The quantitative estimate of drug-likeness (QED) is 0.539. The van der Waals surface area contributed by atoms with Crippen LogP contribution in [0.1, 0.15) is 5.69 Å². The molecule has 50 valence electrons. The van der Waals surface area contributed by atoms with Gasteiger partial charge in [0.1, 0.15) is 0 Å². The molecule has 10 heavy (non-hydrogen) atoms. The predicted molar refractivity (Wildman–Crippen MR) is 34.3 cm³/mol. The van der Waals surface area contributed by atoms with E-state index in [4.69, 9.17) is 4.52 Å². The van der Waals surface area contributed by atoms with Crippen LogP contribution in [0.5, 0.6) is 0 Å². The highest BCUT2D eigenvalue weighted by atomic mass is 16.5. The van der Waals surface area contributed by atoms with Gasteiger partial charge in [0.15, 0.2) is 0 Å². The van der Waals surface area contributed by atoms with Crippen LogP contribution < -0.4 is 0 Å². The maximum absolute atomic E-state index is 4.83. The average molecular weight is 135 g/mol. The summed E-state index contributed by atoms with van der Waals surface area (Å²) in [5.74, 6) is 0. The summed E-state index contributed by atoms with van der Waals surface area (Å²) in [6, 6.07) is 1.83. The Morgan fingerprint density at radius 1 is 1.50 bits per heavy atom. The fourth-order valence-electron chi connectivity index (χ4n) is 0.822. The molecule has 0 fully saturated rings. The predicted octanol–water partition coefficient (Wildman–Crippen LogP) is 0.926. The molecule has 2 aromatic heterocycles. The fourth-order valence-corrected chi connectivity index (χ4v) is 0.822. The summed E-state index contributed by atoms with van der Waals surface area (Å²) in [6.45, 7) is 1.87. The summed E-state index contributed by atoms with van der Waals surface area (Å²) in [5.41, 5.74) is 1.35. The van der Waals surface area contributed by atoms with E-state index in [2.05, 4.69) is 15.4 Å². The minimum Gasteiger partial charge on any atom is -0.334 e. The zero-order chi connectivity index (χ0) is 6.97. The van der Waals surface area contributed by atoms with Crippen molar-refractivity contribution in [3.05, 3.63) is 18.0 Å². The summed E-state index contributed by atoms with van der Waals surface area (Å²) in [6.07, 6.45) is 1.62. The van der Waals surface area contributed by atoms with E-state index in [-0.39, 0.29) is 0 Å². The third-order valence-corrected chi connectivity index (χ3v) is 1.35. The third kappa shape index (κ3) is 0.586. The van der Waals surface area contributed by atoms with Gasteiger partial charge in [-0.3, -0.25) is 0 Å². The van der Waals surface area contributed by atoms with E-state index >= 15 is 0 Å². The first kappa shape index (κ1) is 5.34. The Kier molecular flexibility index (Phi) is 0.943. The van der Waals surface area contributed by atoms with Crippen molar-refractivity contribution < 1.29 is 4.52 Å². The van der Waals surface area contributed by atoms with Gasteiger partial charge in [-0.1, -0.05) is 5.16 Å². The van der Waals surface area contributed by atoms with Crippen LogP contribution in [-0.2, 0) is 0 Å². The lowest BCUT2D eigenvalue weighted by molar-refractivity contribution is 0.440. The monoisotopic (exact) mass is 135 g/mol. The highest BCUT2D eigenvalue weighted by Gasteiger charge is 2.02. The van der Waals surface area contributed by atoms with E-state index in [0.29, 0.717) is 5.71 Å². The Morgan fingerprint density at radius 3 is 3.20 bits per heavy atom. The molecule has 0 bridgehead atoms. The molecule has 0 radical (unpaired) electrons. The van der Waals surface area contributed by atoms with Crippen molar-refractivity contribution in [2.45, 2.75) is 6.92 Å². The van der Waals surface area contributed by atoms with Crippen LogP contribution in [0, 0.1) is 6.92 Å². The minimum atomic E-state index is 0.500. The Balaban J connectivity index is 2.93. The topological polar surface area (TPSA) is 51.8 Å². The second kappa shape index (κ2) is 1.76. The molecule has 0 saturated heterocycles. The summed E-state index contributed by atoms with van der Waals surface area (Å²) in [5, 5.41) is 12.0. The molecule has 0 aliphatic carbocycles. The van der Waals surface area contributed by atoms with E-state index in [1.165, 1.54) is 0 Å². The molecular weight excluding hydrogens is 130 g/mol. The van der Waals surface area contributed by atoms with Crippen LogP contribution in [-0.4, -0.2) is 15.4 Å². The molecule has 2 heterocycles. The molecule has 0 N–H and O–H groups in total. The molecule has 4 heteroatoms. The van der Waals surface area contributed by atoms with Crippen molar-refractivity contribution in [2.75, 3.05) is 0 Å². The SMILES string of the molecule is Cc1noc2nnccc12. The molecule has 0 atom stereocenters. The van der Waals surface area contributed by atoms with Crippen LogP contribution in [0.25, 0.3) is 11.1 Å². The van der Waals surface area contributed by atoms with E-state index in [0.717, 1.165) is 11.1 Å². The number of rotatable bonds is 0. The number of hydrogen-bond donors (Lipinski definition) is 0. The van der Waals surface area contributed by atoms with Crippen molar-refractivity contribution >= 4 is 11.1 Å². The molecule has 0 aromatic carbocycles. The number of hydrogen-bond acceptors (Lipinski definition) is 4. The van der Waals surface area contributed by atoms with Gasteiger partial charge in [-0.2, -0.15) is 5.10 Å². The smallest absolute Gasteiger partial charge is 0.276 e. The van der Waals surface area contributed by atoms with Crippen LogP contribution in [0.2, 0.25) is 0 Å². The van der Waals surface area contributed by atoms with E-state index in [1.807, 2.05) is 13.0 Å². The number of aromatic nitrogens is 3. The Labute approximate surface area is 56.9 Å². The fraction of sp³-hybridized carbons (Fsp3) is 0.167. The zero-order valence-electron chi connectivity index (χ0n) is 5.40. The molecule has 0 unspecified atom stereocenters. The molecule has 0 spiro atoms. The summed E-state index contributed by atoms with van der Waals surface area (Å²) in [7, 11) is 0. The second-order valence-corrected chi connectivity index (χ2v) is 2.02. The summed E-state index contributed by atoms with van der Waals surface area (Å²) < 4.78 is 4.83. The van der Waals surface area contributed by atoms with Gasteiger partial charge in [0.2, 0.25) is 0 Å². The molecule has 2 aromatic rings. The normalized spacial score (nSPS) is 10.5. The Morgan fingerprint density at radius 2 is 2.40 bits per heavy atom. The van der Waals surface area contributed by atoms with Gasteiger partial charge in [-0.25, -0.2) is 0 Å². The first-order chi connectivity index (χ1) is 4.88. The molecule has 2 rings (SSSR count). The van der Waals surface area contributed by atoms with Crippen LogP contribution in [0.15, 0.2) is 16.8 Å². The lowest BCUT2D eigenvalue weighted by Gasteiger charge is -1.80. The maximum atomic E-state index is 4.83. The van der Waals surface area contributed by atoms with Gasteiger partial charge in [0, 0.05) is 0 Å². The van der Waals surface area contributed by atoms with Crippen molar-refractivity contribution in [1.82, 2.24) is 15.4 Å². The van der Waals surface area contributed by atoms with Gasteiger partial charge in [-0.05, 0) is 13.0 Å².